The average Bonchev–Trinajstić information content (AvgIpc) is 2.33. The molecular weight excluding hydrogens is 296 g/mol. The van der Waals surface area contributed by atoms with Crippen LogP contribution in [0.5, 0.6) is 0 Å². The van der Waals surface area contributed by atoms with E-state index in [1.165, 1.54) is 0 Å². The van der Waals surface area contributed by atoms with Gasteiger partial charge in [0.25, 0.3) is 5.91 Å². The number of ether oxygens (including phenoxy) is 1. The Bertz CT molecular complexity index is 397. The molecule has 0 atom stereocenters. The molecule has 0 spiro atoms. The fourth-order valence-electron chi connectivity index (χ4n) is 1.55. The summed E-state index contributed by atoms with van der Waals surface area (Å²) in [5, 5.41) is 3.71. The number of aryl methyl sites for hydroxylation is 2. The summed E-state index contributed by atoms with van der Waals surface area (Å²) >= 11 is 3.28. The van der Waals surface area contributed by atoms with Crippen molar-refractivity contribution >= 4 is 21.8 Å². The third-order valence-corrected chi connectivity index (χ3v) is 2.77. The summed E-state index contributed by atoms with van der Waals surface area (Å²) in [4.78, 5) is 16.1. The Hall–Kier alpha value is -0.940. The molecule has 1 rings (SSSR count). The molecule has 4 nitrogen and oxygen atoms in total. The number of alkyl halides is 1. The van der Waals surface area contributed by atoms with Gasteiger partial charge in [-0.25, -0.2) is 0 Å². The van der Waals surface area contributed by atoms with Crippen molar-refractivity contribution in [2.75, 3.05) is 25.1 Å². The quantitative estimate of drug-likeness (QED) is 0.620. The van der Waals surface area contributed by atoms with Gasteiger partial charge in [-0.15, -0.1) is 0 Å². The van der Waals surface area contributed by atoms with Crippen LogP contribution in [0.1, 0.15) is 28.2 Å². The minimum atomic E-state index is -0.0690. The molecule has 0 saturated heterocycles. The van der Waals surface area contributed by atoms with Crippen LogP contribution in [0.3, 0.4) is 0 Å². The molecule has 1 N–H and O–H groups in total. The van der Waals surface area contributed by atoms with Crippen molar-refractivity contribution in [3.63, 3.8) is 0 Å². The smallest absolute Gasteiger partial charge is 0.253 e. The standard InChI is InChI=1S/C13H19BrN2O2/c1-10-4-5-12(11(2)16-10)13(17)15-7-3-8-18-9-6-14/h4-5H,3,6-9H2,1-2H3,(H,15,17). The highest BCUT2D eigenvalue weighted by Gasteiger charge is 2.08. The summed E-state index contributed by atoms with van der Waals surface area (Å²) < 4.78 is 5.30. The van der Waals surface area contributed by atoms with Crippen LogP contribution < -0.4 is 5.32 Å². The molecule has 0 unspecified atom stereocenters. The number of hydrogen-bond donors (Lipinski definition) is 1. The third-order valence-electron chi connectivity index (χ3n) is 2.44. The maximum absolute atomic E-state index is 11.9. The van der Waals surface area contributed by atoms with Crippen molar-refractivity contribution in [2.45, 2.75) is 20.3 Å². The van der Waals surface area contributed by atoms with E-state index < -0.39 is 0 Å². The first-order chi connectivity index (χ1) is 8.65. The Kier molecular flexibility index (Phi) is 6.90. The van der Waals surface area contributed by atoms with Gasteiger partial charge in [-0.05, 0) is 32.4 Å². The summed E-state index contributed by atoms with van der Waals surface area (Å²) in [6.45, 7) is 5.75. The normalized spacial score (nSPS) is 10.4. The molecule has 1 aromatic rings. The van der Waals surface area contributed by atoms with Crippen LogP contribution in [0.25, 0.3) is 0 Å². The van der Waals surface area contributed by atoms with Crippen molar-refractivity contribution in [3.05, 3.63) is 29.1 Å². The van der Waals surface area contributed by atoms with Gasteiger partial charge in [0.1, 0.15) is 0 Å². The number of hydrogen-bond acceptors (Lipinski definition) is 3. The predicted molar refractivity (Wildman–Crippen MR) is 75.3 cm³/mol. The van der Waals surface area contributed by atoms with Crippen molar-refractivity contribution < 1.29 is 9.53 Å². The van der Waals surface area contributed by atoms with Gasteiger partial charge in [-0.3, -0.25) is 9.78 Å². The average molecular weight is 315 g/mol. The molecular formula is C13H19BrN2O2. The zero-order valence-electron chi connectivity index (χ0n) is 10.8. The number of rotatable bonds is 7. The molecule has 0 aromatic carbocycles. The summed E-state index contributed by atoms with van der Waals surface area (Å²) in [5.74, 6) is -0.0690. The van der Waals surface area contributed by atoms with Gasteiger partial charge in [0, 0.05) is 24.2 Å². The Morgan fingerprint density at radius 2 is 2.17 bits per heavy atom. The Labute approximate surface area is 116 Å². The molecule has 18 heavy (non-hydrogen) atoms. The second-order valence-electron chi connectivity index (χ2n) is 4.00. The van der Waals surface area contributed by atoms with Crippen LogP contribution in [0.2, 0.25) is 0 Å². The lowest BCUT2D eigenvalue weighted by Crippen LogP contribution is -2.26. The summed E-state index contributed by atoms with van der Waals surface area (Å²) in [6.07, 6.45) is 0.817. The highest BCUT2D eigenvalue weighted by atomic mass is 79.9. The fourth-order valence-corrected chi connectivity index (χ4v) is 1.78. The molecule has 0 fully saturated rings. The maximum atomic E-state index is 11.9. The van der Waals surface area contributed by atoms with E-state index in [1.54, 1.807) is 0 Å². The summed E-state index contributed by atoms with van der Waals surface area (Å²) in [5.41, 5.74) is 2.33. The van der Waals surface area contributed by atoms with E-state index >= 15 is 0 Å². The lowest BCUT2D eigenvalue weighted by Gasteiger charge is -2.08. The molecule has 0 aliphatic rings. The number of nitrogens with zero attached hydrogens (tertiary/aromatic N) is 1. The van der Waals surface area contributed by atoms with E-state index in [4.69, 9.17) is 4.74 Å². The van der Waals surface area contributed by atoms with Gasteiger partial charge < -0.3 is 10.1 Å². The number of carbonyl (C=O) groups is 1. The van der Waals surface area contributed by atoms with Gasteiger partial charge in [0.2, 0.25) is 0 Å². The van der Waals surface area contributed by atoms with E-state index in [2.05, 4.69) is 26.2 Å². The van der Waals surface area contributed by atoms with Crippen LogP contribution in [0, 0.1) is 13.8 Å². The van der Waals surface area contributed by atoms with Gasteiger partial charge in [-0.1, -0.05) is 15.9 Å². The largest absolute Gasteiger partial charge is 0.381 e. The van der Waals surface area contributed by atoms with Crippen molar-refractivity contribution in [2.24, 2.45) is 0 Å². The first-order valence-electron chi connectivity index (χ1n) is 6.01. The molecule has 100 valence electrons. The number of amides is 1. The maximum Gasteiger partial charge on any atom is 0.253 e. The van der Waals surface area contributed by atoms with Crippen molar-refractivity contribution in [1.82, 2.24) is 10.3 Å². The van der Waals surface area contributed by atoms with Crippen LogP contribution in [0.4, 0.5) is 0 Å². The molecule has 0 aliphatic carbocycles. The van der Waals surface area contributed by atoms with Gasteiger partial charge in [-0.2, -0.15) is 0 Å². The number of pyridine rings is 1. The first-order valence-corrected chi connectivity index (χ1v) is 7.13. The number of nitrogens with one attached hydrogen (secondary N) is 1. The Morgan fingerprint density at radius 3 is 2.83 bits per heavy atom. The van der Waals surface area contributed by atoms with Gasteiger partial charge >= 0.3 is 0 Å². The second-order valence-corrected chi connectivity index (χ2v) is 4.79. The Balaban J connectivity index is 2.32. The summed E-state index contributed by atoms with van der Waals surface area (Å²) in [6, 6.07) is 3.66. The topological polar surface area (TPSA) is 51.2 Å². The third kappa shape index (κ3) is 5.14. The van der Waals surface area contributed by atoms with Gasteiger partial charge in [0.15, 0.2) is 0 Å². The zero-order valence-corrected chi connectivity index (χ0v) is 12.4. The molecule has 0 saturated carbocycles. The second kappa shape index (κ2) is 8.21. The van der Waals surface area contributed by atoms with Crippen LogP contribution in [-0.2, 0) is 4.74 Å². The SMILES string of the molecule is Cc1ccc(C(=O)NCCCOCCBr)c(C)n1. The minimum Gasteiger partial charge on any atom is -0.381 e. The molecule has 5 heteroatoms. The van der Waals surface area contributed by atoms with E-state index in [-0.39, 0.29) is 5.91 Å². The number of aromatic nitrogens is 1. The first kappa shape index (κ1) is 15.1. The molecule has 1 aromatic heterocycles. The Morgan fingerprint density at radius 1 is 1.39 bits per heavy atom. The fraction of sp³-hybridized carbons (Fsp3) is 0.538. The van der Waals surface area contributed by atoms with Crippen molar-refractivity contribution in [3.8, 4) is 0 Å². The molecule has 0 bridgehead atoms. The lowest BCUT2D eigenvalue weighted by atomic mass is 10.1. The predicted octanol–water partition coefficient (Wildman–Crippen LogP) is 2.23. The van der Waals surface area contributed by atoms with Crippen LogP contribution in [-0.4, -0.2) is 36.0 Å². The van der Waals surface area contributed by atoms with Gasteiger partial charge in [0.05, 0.1) is 17.9 Å². The minimum absolute atomic E-state index is 0.0690. The van der Waals surface area contributed by atoms with E-state index in [1.807, 2.05) is 26.0 Å². The summed E-state index contributed by atoms with van der Waals surface area (Å²) in [7, 11) is 0. The molecule has 1 amide bonds. The van der Waals surface area contributed by atoms with E-state index in [0.29, 0.717) is 25.3 Å². The monoisotopic (exact) mass is 314 g/mol. The highest BCUT2D eigenvalue weighted by Crippen LogP contribution is 2.06. The van der Waals surface area contributed by atoms with Crippen molar-refractivity contribution in [1.29, 1.82) is 0 Å². The molecule has 0 aliphatic heterocycles. The number of halogens is 1. The lowest BCUT2D eigenvalue weighted by molar-refractivity contribution is 0.0943. The number of carbonyl (C=O) groups excluding carboxylic acids is 1. The van der Waals surface area contributed by atoms with E-state index in [9.17, 15) is 4.79 Å². The highest BCUT2D eigenvalue weighted by molar-refractivity contribution is 9.09. The van der Waals surface area contributed by atoms with Crippen LogP contribution >= 0.6 is 15.9 Å². The zero-order chi connectivity index (χ0) is 13.4. The molecule has 1 heterocycles. The van der Waals surface area contributed by atoms with Crippen LogP contribution in [0.15, 0.2) is 12.1 Å². The van der Waals surface area contributed by atoms with E-state index in [0.717, 1.165) is 23.1 Å². The molecule has 0 radical (unpaired) electrons.